The van der Waals surface area contributed by atoms with Gasteiger partial charge in [0.1, 0.15) is 5.75 Å². The van der Waals surface area contributed by atoms with Crippen LogP contribution in [0.5, 0.6) is 5.75 Å². The van der Waals surface area contributed by atoms with Crippen LogP contribution in [0.3, 0.4) is 0 Å². The first-order chi connectivity index (χ1) is 12.3. The molecule has 0 bridgehead atoms. The maximum absolute atomic E-state index is 5.49. The third-order valence-electron chi connectivity index (χ3n) is 4.27. The molecule has 0 saturated carbocycles. The van der Waals surface area contributed by atoms with E-state index in [4.69, 9.17) is 4.74 Å². The summed E-state index contributed by atoms with van der Waals surface area (Å²) in [5, 5.41) is 13.7. The van der Waals surface area contributed by atoms with Crippen molar-refractivity contribution in [3.05, 3.63) is 42.2 Å². The predicted octanol–water partition coefficient (Wildman–Crippen LogP) is 1.75. The van der Waals surface area contributed by atoms with E-state index in [1.165, 1.54) is 0 Å². The van der Waals surface area contributed by atoms with Gasteiger partial charge in [0.25, 0.3) is 0 Å². The highest BCUT2D eigenvalue weighted by molar-refractivity contribution is 5.80. The Kier molecular flexibility index (Phi) is 5.77. The van der Waals surface area contributed by atoms with Crippen LogP contribution in [0.1, 0.15) is 19.0 Å². The molecule has 7 heteroatoms. The molecule has 0 aliphatic carbocycles. The minimum atomic E-state index is 0.351. The molecule has 1 aromatic carbocycles. The molecule has 7 nitrogen and oxygen atoms in total. The number of aliphatic imine (C=N–C) groups is 1. The minimum absolute atomic E-state index is 0.351. The minimum Gasteiger partial charge on any atom is -0.495 e. The van der Waals surface area contributed by atoms with E-state index in [1.807, 2.05) is 18.2 Å². The first kappa shape index (κ1) is 17.1. The molecule has 1 unspecified atom stereocenters. The SMILES string of the molecule is CCNC(=NCc1ccn[nH]1)NC1CCN(c2ccccc2OC)C1. The number of H-pyrrole nitrogens is 1. The van der Waals surface area contributed by atoms with Crippen molar-refractivity contribution in [1.29, 1.82) is 0 Å². The van der Waals surface area contributed by atoms with Crippen LogP contribution in [0.25, 0.3) is 0 Å². The van der Waals surface area contributed by atoms with Crippen LogP contribution < -0.4 is 20.3 Å². The summed E-state index contributed by atoms with van der Waals surface area (Å²) < 4.78 is 5.49. The number of rotatable bonds is 6. The molecule has 0 spiro atoms. The number of aromatic nitrogens is 2. The van der Waals surface area contributed by atoms with E-state index in [2.05, 4.69) is 49.8 Å². The molecular formula is C18H26N6O. The fraction of sp³-hybridized carbons (Fsp3) is 0.444. The summed E-state index contributed by atoms with van der Waals surface area (Å²) in [4.78, 5) is 6.99. The molecule has 1 saturated heterocycles. The molecule has 0 amide bonds. The number of ether oxygens (including phenoxy) is 1. The van der Waals surface area contributed by atoms with Gasteiger partial charge in [-0.1, -0.05) is 12.1 Å². The average molecular weight is 342 g/mol. The van der Waals surface area contributed by atoms with Gasteiger partial charge >= 0.3 is 0 Å². The van der Waals surface area contributed by atoms with Crippen LogP contribution >= 0.6 is 0 Å². The summed E-state index contributed by atoms with van der Waals surface area (Å²) in [5.74, 6) is 1.76. The Morgan fingerprint density at radius 2 is 2.28 bits per heavy atom. The van der Waals surface area contributed by atoms with Crippen molar-refractivity contribution in [3.63, 3.8) is 0 Å². The van der Waals surface area contributed by atoms with E-state index >= 15 is 0 Å². The molecular weight excluding hydrogens is 316 g/mol. The Morgan fingerprint density at radius 3 is 3.04 bits per heavy atom. The highest BCUT2D eigenvalue weighted by Gasteiger charge is 2.25. The van der Waals surface area contributed by atoms with Crippen LogP contribution in [-0.4, -0.2) is 48.9 Å². The Bertz CT molecular complexity index is 685. The third kappa shape index (κ3) is 4.43. The van der Waals surface area contributed by atoms with Crippen molar-refractivity contribution < 1.29 is 4.74 Å². The average Bonchev–Trinajstić information content (AvgIpc) is 3.32. The van der Waals surface area contributed by atoms with Gasteiger partial charge < -0.3 is 20.3 Å². The molecule has 1 atom stereocenters. The number of guanidine groups is 1. The Hall–Kier alpha value is -2.70. The molecule has 3 N–H and O–H groups in total. The Labute approximate surface area is 148 Å². The zero-order valence-corrected chi connectivity index (χ0v) is 14.8. The quantitative estimate of drug-likeness (QED) is 0.551. The highest BCUT2D eigenvalue weighted by Crippen LogP contribution is 2.30. The summed E-state index contributed by atoms with van der Waals surface area (Å²) in [6.07, 6.45) is 2.81. The van der Waals surface area contributed by atoms with Crippen LogP contribution in [0.15, 0.2) is 41.5 Å². The van der Waals surface area contributed by atoms with E-state index in [0.29, 0.717) is 12.6 Å². The lowest BCUT2D eigenvalue weighted by atomic mass is 10.2. The first-order valence-electron chi connectivity index (χ1n) is 8.71. The molecule has 1 aliphatic heterocycles. The van der Waals surface area contributed by atoms with Crippen LogP contribution in [0.2, 0.25) is 0 Å². The van der Waals surface area contributed by atoms with Crippen molar-refractivity contribution >= 4 is 11.6 Å². The Morgan fingerprint density at radius 1 is 1.40 bits per heavy atom. The summed E-state index contributed by atoms with van der Waals surface area (Å²) in [6, 6.07) is 10.5. The maximum atomic E-state index is 5.49. The summed E-state index contributed by atoms with van der Waals surface area (Å²) >= 11 is 0. The molecule has 0 radical (unpaired) electrons. The smallest absolute Gasteiger partial charge is 0.191 e. The first-order valence-corrected chi connectivity index (χ1v) is 8.71. The van der Waals surface area contributed by atoms with Gasteiger partial charge in [-0.25, -0.2) is 4.99 Å². The van der Waals surface area contributed by atoms with Crippen LogP contribution in [0, 0.1) is 0 Å². The normalized spacial score (nSPS) is 17.6. The number of hydrogen-bond donors (Lipinski definition) is 3. The summed E-state index contributed by atoms with van der Waals surface area (Å²) in [5.41, 5.74) is 2.15. The van der Waals surface area contributed by atoms with E-state index in [-0.39, 0.29) is 0 Å². The lowest BCUT2D eigenvalue weighted by Gasteiger charge is -2.22. The lowest BCUT2D eigenvalue weighted by Crippen LogP contribution is -2.44. The number of anilines is 1. The van der Waals surface area contributed by atoms with Gasteiger partial charge in [0.15, 0.2) is 5.96 Å². The number of methoxy groups -OCH3 is 1. The molecule has 1 fully saturated rings. The zero-order chi connectivity index (χ0) is 17.5. The molecule has 2 heterocycles. The Balaban J connectivity index is 1.61. The maximum Gasteiger partial charge on any atom is 0.191 e. The van der Waals surface area contributed by atoms with Crippen molar-refractivity contribution in [2.75, 3.05) is 31.6 Å². The van der Waals surface area contributed by atoms with Gasteiger partial charge in [-0.2, -0.15) is 5.10 Å². The second-order valence-electron chi connectivity index (χ2n) is 6.02. The monoisotopic (exact) mass is 342 g/mol. The number of para-hydroxylation sites is 2. The number of nitrogens with zero attached hydrogens (tertiary/aromatic N) is 3. The largest absolute Gasteiger partial charge is 0.495 e. The lowest BCUT2D eigenvalue weighted by molar-refractivity contribution is 0.415. The summed E-state index contributed by atoms with van der Waals surface area (Å²) in [7, 11) is 1.72. The van der Waals surface area contributed by atoms with Gasteiger partial charge in [0, 0.05) is 31.9 Å². The van der Waals surface area contributed by atoms with E-state index in [9.17, 15) is 0 Å². The second kappa shape index (κ2) is 8.41. The second-order valence-corrected chi connectivity index (χ2v) is 6.02. The predicted molar refractivity (Wildman–Crippen MR) is 100 cm³/mol. The number of benzene rings is 1. The van der Waals surface area contributed by atoms with Crippen molar-refractivity contribution in [2.24, 2.45) is 4.99 Å². The topological polar surface area (TPSA) is 77.6 Å². The van der Waals surface area contributed by atoms with E-state index in [0.717, 1.165) is 49.1 Å². The standard InChI is InChI=1S/C18H26N6O/c1-3-19-18(20-12-14-8-10-21-23-14)22-15-9-11-24(13-15)16-6-4-5-7-17(16)25-2/h4-8,10,15H,3,9,11-13H2,1-2H3,(H,21,23)(H2,19,20,22). The van der Waals surface area contributed by atoms with Crippen molar-refractivity contribution in [3.8, 4) is 5.75 Å². The van der Waals surface area contributed by atoms with E-state index < -0.39 is 0 Å². The fourth-order valence-electron chi connectivity index (χ4n) is 3.04. The van der Waals surface area contributed by atoms with Crippen molar-refractivity contribution in [2.45, 2.75) is 25.9 Å². The van der Waals surface area contributed by atoms with Gasteiger partial charge in [-0.15, -0.1) is 0 Å². The third-order valence-corrected chi connectivity index (χ3v) is 4.27. The van der Waals surface area contributed by atoms with Gasteiger partial charge in [0.2, 0.25) is 0 Å². The van der Waals surface area contributed by atoms with Gasteiger partial charge in [-0.3, -0.25) is 5.10 Å². The van der Waals surface area contributed by atoms with Crippen LogP contribution in [-0.2, 0) is 6.54 Å². The fourth-order valence-corrected chi connectivity index (χ4v) is 3.04. The number of hydrogen-bond acceptors (Lipinski definition) is 4. The summed E-state index contributed by atoms with van der Waals surface area (Å²) in [6.45, 7) is 5.41. The molecule has 134 valence electrons. The number of aromatic amines is 1. The highest BCUT2D eigenvalue weighted by atomic mass is 16.5. The zero-order valence-electron chi connectivity index (χ0n) is 14.8. The molecule has 1 aromatic heterocycles. The van der Waals surface area contributed by atoms with Crippen LogP contribution in [0.4, 0.5) is 5.69 Å². The molecule has 25 heavy (non-hydrogen) atoms. The molecule has 3 rings (SSSR count). The number of nitrogens with one attached hydrogen (secondary N) is 3. The molecule has 2 aromatic rings. The van der Waals surface area contributed by atoms with Gasteiger partial charge in [-0.05, 0) is 31.5 Å². The molecule has 1 aliphatic rings. The van der Waals surface area contributed by atoms with Crippen molar-refractivity contribution in [1.82, 2.24) is 20.8 Å². The van der Waals surface area contributed by atoms with Gasteiger partial charge in [0.05, 0.1) is 25.0 Å². The van der Waals surface area contributed by atoms with E-state index in [1.54, 1.807) is 13.3 Å².